The zero-order valence-corrected chi connectivity index (χ0v) is 10.4. The van der Waals surface area contributed by atoms with Gasteiger partial charge in [0.15, 0.2) is 0 Å². The molecule has 6 heteroatoms. The molecule has 94 valence electrons. The average molecular weight is 255 g/mol. The lowest BCUT2D eigenvalue weighted by Crippen LogP contribution is -2.54. The fraction of sp³-hybridized carbons (Fsp3) is 0.636. The lowest BCUT2D eigenvalue weighted by molar-refractivity contribution is -0.320. The van der Waals surface area contributed by atoms with Gasteiger partial charge in [0.1, 0.15) is 0 Å². The van der Waals surface area contributed by atoms with Gasteiger partial charge < -0.3 is 25.5 Å². The summed E-state index contributed by atoms with van der Waals surface area (Å²) in [5.41, 5.74) is 3.52. The van der Waals surface area contributed by atoms with Crippen molar-refractivity contribution in [2.45, 2.75) is 32.1 Å². The minimum absolute atomic E-state index is 0.364. The fourth-order valence-electron chi connectivity index (χ4n) is 2.74. The predicted molar refractivity (Wildman–Crippen MR) is 58.1 cm³/mol. The van der Waals surface area contributed by atoms with Gasteiger partial charge in [0.05, 0.1) is 22.7 Å². The highest BCUT2D eigenvalue weighted by atomic mass is 32.2. The highest BCUT2D eigenvalue weighted by Gasteiger charge is 2.55. The highest BCUT2D eigenvalue weighted by Crippen LogP contribution is 2.61. The van der Waals surface area contributed by atoms with Crippen molar-refractivity contribution in [3.05, 3.63) is 10.5 Å². The molecule has 0 radical (unpaired) electrons. The summed E-state index contributed by atoms with van der Waals surface area (Å²) in [5, 5.41) is 21.9. The first kappa shape index (κ1) is 12.4. The van der Waals surface area contributed by atoms with Gasteiger partial charge in [-0.25, -0.2) is 0 Å². The molecule has 2 N–H and O–H groups in total. The number of rotatable bonds is 2. The molecule has 3 atom stereocenters. The molecule has 1 aliphatic carbocycles. The Bertz CT molecular complexity index is 447. The molecule has 0 saturated heterocycles. The number of hydrogen-bond acceptors (Lipinski definition) is 6. The molecule has 0 aromatic rings. The van der Waals surface area contributed by atoms with Crippen LogP contribution in [0.15, 0.2) is 10.5 Å². The van der Waals surface area contributed by atoms with Crippen LogP contribution in [-0.4, -0.2) is 17.3 Å². The number of nitrogens with two attached hydrogens (primary N) is 1. The van der Waals surface area contributed by atoms with Crippen LogP contribution in [0.5, 0.6) is 0 Å². The number of hydrogen-bond donors (Lipinski definition) is 1. The summed E-state index contributed by atoms with van der Waals surface area (Å²) in [6, 6.07) is 0. The largest absolute Gasteiger partial charge is 0.549 e. The van der Waals surface area contributed by atoms with Crippen LogP contribution in [0.3, 0.4) is 0 Å². The van der Waals surface area contributed by atoms with Gasteiger partial charge in [0, 0.05) is 5.41 Å². The lowest BCUT2D eigenvalue weighted by Gasteiger charge is -2.41. The van der Waals surface area contributed by atoms with Gasteiger partial charge in [-0.2, -0.15) is 0 Å². The number of carboxylic acids is 2. The van der Waals surface area contributed by atoms with E-state index in [2.05, 4.69) is 0 Å². The molecule has 2 aliphatic rings. The quantitative estimate of drug-likeness (QED) is 0.649. The van der Waals surface area contributed by atoms with Gasteiger partial charge in [0.25, 0.3) is 0 Å². The van der Waals surface area contributed by atoms with E-state index in [0.717, 1.165) is 4.91 Å². The van der Waals surface area contributed by atoms with E-state index in [0.29, 0.717) is 18.4 Å². The van der Waals surface area contributed by atoms with Crippen LogP contribution in [0.4, 0.5) is 0 Å². The summed E-state index contributed by atoms with van der Waals surface area (Å²) < 4.78 is 0. The minimum atomic E-state index is -1.43. The Morgan fingerprint density at radius 3 is 2.41 bits per heavy atom. The monoisotopic (exact) mass is 255 g/mol. The van der Waals surface area contributed by atoms with Gasteiger partial charge in [0.2, 0.25) is 0 Å². The molecule has 0 bridgehead atoms. The molecule has 17 heavy (non-hydrogen) atoms. The van der Waals surface area contributed by atoms with Crippen molar-refractivity contribution < 1.29 is 19.8 Å². The Labute approximate surface area is 103 Å². The third kappa shape index (κ3) is 1.37. The van der Waals surface area contributed by atoms with Crippen LogP contribution in [-0.2, 0) is 9.59 Å². The molecule has 0 amide bonds. The van der Waals surface area contributed by atoms with Crippen molar-refractivity contribution in [2.24, 2.45) is 16.6 Å². The lowest BCUT2D eigenvalue weighted by atomic mass is 9.69. The summed E-state index contributed by atoms with van der Waals surface area (Å²) in [6.07, 6.45) is 0.906. The van der Waals surface area contributed by atoms with E-state index in [9.17, 15) is 19.8 Å². The van der Waals surface area contributed by atoms with E-state index in [1.807, 2.05) is 0 Å². The first-order valence-electron chi connectivity index (χ1n) is 5.34. The zero-order valence-electron chi connectivity index (χ0n) is 9.61. The fourth-order valence-corrected chi connectivity index (χ4v) is 4.27. The Balaban J connectivity index is 2.58. The number of carbonyl (C=O) groups excluding carboxylic acids is 2. The Morgan fingerprint density at radius 2 is 1.94 bits per heavy atom. The summed E-state index contributed by atoms with van der Waals surface area (Å²) in [7, 11) is 0. The van der Waals surface area contributed by atoms with E-state index in [-0.39, 0.29) is 0 Å². The van der Waals surface area contributed by atoms with E-state index in [4.69, 9.17) is 5.73 Å². The van der Waals surface area contributed by atoms with Crippen molar-refractivity contribution in [2.75, 3.05) is 0 Å². The van der Waals surface area contributed by atoms with Crippen LogP contribution in [0.2, 0.25) is 0 Å². The van der Waals surface area contributed by atoms with Crippen molar-refractivity contribution in [1.29, 1.82) is 0 Å². The van der Waals surface area contributed by atoms with E-state index in [1.54, 1.807) is 0 Å². The van der Waals surface area contributed by atoms with Crippen LogP contribution >= 0.6 is 11.8 Å². The molecule has 0 saturated carbocycles. The number of allylic oxidation sites excluding steroid dienone is 1. The van der Waals surface area contributed by atoms with Gasteiger partial charge in [-0.05, 0) is 30.2 Å². The molecular weight excluding hydrogens is 242 g/mol. The molecule has 2 rings (SSSR count). The van der Waals surface area contributed by atoms with Crippen molar-refractivity contribution in [3.8, 4) is 0 Å². The molecule has 1 aliphatic heterocycles. The highest BCUT2D eigenvalue weighted by molar-refractivity contribution is 8.04. The summed E-state index contributed by atoms with van der Waals surface area (Å²) in [4.78, 5) is 23.4. The smallest absolute Gasteiger partial charge is 0.0697 e. The number of thioether (sulfide) groups is 1. The predicted octanol–water partition coefficient (Wildman–Crippen LogP) is -1.42. The number of carboxylic acid groups (broad SMARTS) is 2. The number of carbonyl (C=O) groups is 2. The molecule has 5 nitrogen and oxygen atoms in total. The average Bonchev–Trinajstić information content (AvgIpc) is 2.68. The maximum absolute atomic E-state index is 11.3. The maximum Gasteiger partial charge on any atom is 0.0697 e. The second-order valence-corrected chi connectivity index (χ2v) is 6.18. The van der Waals surface area contributed by atoms with Crippen molar-refractivity contribution >= 4 is 23.7 Å². The first-order valence-corrected chi connectivity index (χ1v) is 6.22. The summed E-state index contributed by atoms with van der Waals surface area (Å²) in [5.74, 6) is -2.57. The van der Waals surface area contributed by atoms with Gasteiger partial charge in [-0.3, -0.25) is 0 Å². The Morgan fingerprint density at radius 1 is 1.35 bits per heavy atom. The van der Waals surface area contributed by atoms with Crippen LogP contribution in [0, 0.1) is 10.8 Å². The SMILES string of the molecule is CC1(C(=O)[O-])CCC2=C1C(C)(C(=O)[O-])C(N)S2. The molecule has 1 heterocycles. The van der Waals surface area contributed by atoms with Crippen LogP contribution in [0.1, 0.15) is 26.7 Å². The van der Waals surface area contributed by atoms with E-state index in [1.165, 1.54) is 25.6 Å². The second kappa shape index (κ2) is 3.49. The summed E-state index contributed by atoms with van der Waals surface area (Å²) >= 11 is 1.24. The van der Waals surface area contributed by atoms with E-state index >= 15 is 0 Å². The van der Waals surface area contributed by atoms with Crippen LogP contribution < -0.4 is 15.9 Å². The van der Waals surface area contributed by atoms with E-state index < -0.39 is 28.1 Å². The maximum atomic E-state index is 11.3. The topological polar surface area (TPSA) is 106 Å². The third-order valence-corrected chi connectivity index (χ3v) is 5.33. The Kier molecular flexibility index (Phi) is 2.56. The molecular formula is C11H13NO4S-2. The summed E-state index contributed by atoms with van der Waals surface area (Å²) in [6.45, 7) is 2.94. The third-order valence-electron chi connectivity index (χ3n) is 3.91. The van der Waals surface area contributed by atoms with Crippen molar-refractivity contribution in [1.82, 2.24) is 0 Å². The standard InChI is InChI=1S/C11H15NO4S/c1-10(8(13)14)4-3-5-6(10)11(2,9(15)16)7(12)17-5/h7H,3-4,12H2,1-2H3,(H,13,14)(H,15,16)/p-2. The molecule has 0 aromatic carbocycles. The number of aliphatic carboxylic acids is 2. The Hall–Kier alpha value is -1.01. The first-order chi connectivity index (χ1) is 7.74. The normalized spacial score (nSPS) is 40.5. The van der Waals surface area contributed by atoms with Gasteiger partial charge in [-0.15, -0.1) is 11.8 Å². The van der Waals surface area contributed by atoms with Gasteiger partial charge >= 0.3 is 0 Å². The second-order valence-electron chi connectivity index (χ2n) is 4.95. The molecule has 0 spiro atoms. The molecule has 3 unspecified atom stereocenters. The molecule has 0 fully saturated rings. The van der Waals surface area contributed by atoms with Gasteiger partial charge in [-0.1, -0.05) is 6.92 Å². The molecule has 0 aromatic heterocycles. The minimum Gasteiger partial charge on any atom is -0.549 e. The zero-order chi connectivity index (χ0) is 13.0. The van der Waals surface area contributed by atoms with Crippen LogP contribution in [0.25, 0.3) is 0 Å². The van der Waals surface area contributed by atoms with Crippen molar-refractivity contribution in [3.63, 3.8) is 0 Å².